The topological polar surface area (TPSA) is 86.1 Å². The van der Waals surface area contributed by atoms with Crippen molar-refractivity contribution >= 4 is 37.3 Å². The number of rotatable bonds is 5. The molecule has 1 N–H and O–H groups in total. The Labute approximate surface area is 173 Å². The van der Waals surface area contributed by atoms with Crippen LogP contribution in [0.15, 0.2) is 47.4 Å². The standard InChI is InChI=1S/C20H20N4O3S2/c1-12-19(13(2)24(3)22-12)29(25,26)23-15-7-5-14(6-8-15)20-21-17-10-9-16(27-4)11-18(17)28-20/h5-11,23H,1-4H3. The van der Waals surface area contributed by atoms with Gasteiger partial charge in [0.05, 0.1) is 28.7 Å². The SMILES string of the molecule is COc1ccc2nc(-c3ccc(NS(=O)(=O)c4c(C)nn(C)c4C)cc3)sc2c1. The molecule has 0 aliphatic carbocycles. The number of fused-ring (bicyclic) bond motifs is 1. The van der Waals surface area contributed by atoms with Crippen LogP contribution in [0.4, 0.5) is 5.69 Å². The third-order valence-corrected chi connectivity index (χ3v) is 7.39. The van der Waals surface area contributed by atoms with Gasteiger partial charge in [-0.2, -0.15) is 5.10 Å². The van der Waals surface area contributed by atoms with Crippen molar-refractivity contribution in [2.45, 2.75) is 18.7 Å². The lowest BCUT2D eigenvalue weighted by Crippen LogP contribution is -2.14. The molecule has 9 heteroatoms. The predicted octanol–water partition coefficient (Wildman–Crippen LogP) is 4.12. The molecule has 150 valence electrons. The molecule has 0 saturated carbocycles. The fraction of sp³-hybridized carbons (Fsp3) is 0.200. The van der Waals surface area contributed by atoms with Gasteiger partial charge in [0.15, 0.2) is 0 Å². The Morgan fingerprint density at radius 2 is 1.83 bits per heavy atom. The molecular weight excluding hydrogens is 408 g/mol. The summed E-state index contributed by atoms with van der Waals surface area (Å²) in [7, 11) is -0.358. The van der Waals surface area contributed by atoms with E-state index in [-0.39, 0.29) is 4.90 Å². The van der Waals surface area contributed by atoms with E-state index in [1.54, 1.807) is 56.2 Å². The summed E-state index contributed by atoms with van der Waals surface area (Å²) < 4.78 is 36.1. The number of ether oxygens (including phenoxy) is 1. The maximum Gasteiger partial charge on any atom is 0.265 e. The van der Waals surface area contributed by atoms with Gasteiger partial charge in [-0.05, 0) is 56.3 Å². The Morgan fingerprint density at radius 1 is 1.10 bits per heavy atom. The molecule has 7 nitrogen and oxygen atoms in total. The minimum atomic E-state index is -3.72. The van der Waals surface area contributed by atoms with E-state index in [2.05, 4.69) is 14.8 Å². The summed E-state index contributed by atoms with van der Waals surface area (Å²) in [5, 5.41) is 5.05. The smallest absolute Gasteiger partial charge is 0.265 e. The third-order valence-electron chi connectivity index (χ3n) is 4.69. The summed E-state index contributed by atoms with van der Waals surface area (Å²) in [6.45, 7) is 3.42. The molecule has 4 aromatic rings. The van der Waals surface area contributed by atoms with Gasteiger partial charge in [0.25, 0.3) is 10.0 Å². The first-order valence-electron chi connectivity index (χ1n) is 8.86. The number of hydrogen-bond acceptors (Lipinski definition) is 6. The number of aryl methyl sites for hydroxylation is 2. The van der Waals surface area contributed by atoms with Crippen LogP contribution in [0.2, 0.25) is 0 Å². The van der Waals surface area contributed by atoms with E-state index in [4.69, 9.17) is 4.74 Å². The third kappa shape index (κ3) is 3.58. The van der Waals surface area contributed by atoms with Gasteiger partial charge in [0.2, 0.25) is 0 Å². The molecule has 2 heterocycles. The van der Waals surface area contributed by atoms with E-state index >= 15 is 0 Å². The second kappa shape index (κ2) is 7.16. The zero-order valence-corrected chi connectivity index (χ0v) is 18.1. The molecule has 0 atom stereocenters. The van der Waals surface area contributed by atoms with Gasteiger partial charge < -0.3 is 4.74 Å². The molecular formula is C20H20N4O3S2. The van der Waals surface area contributed by atoms with Gasteiger partial charge in [0, 0.05) is 18.3 Å². The highest BCUT2D eigenvalue weighted by molar-refractivity contribution is 7.92. The zero-order chi connectivity index (χ0) is 20.8. The van der Waals surface area contributed by atoms with Gasteiger partial charge in [-0.3, -0.25) is 9.40 Å². The Morgan fingerprint density at radius 3 is 2.45 bits per heavy atom. The van der Waals surface area contributed by atoms with Crippen LogP contribution >= 0.6 is 11.3 Å². The summed E-state index contributed by atoms with van der Waals surface area (Å²) in [4.78, 5) is 4.86. The van der Waals surface area contributed by atoms with Crippen LogP contribution in [0.25, 0.3) is 20.8 Å². The maximum atomic E-state index is 12.8. The number of nitrogens with zero attached hydrogens (tertiary/aromatic N) is 3. The molecule has 29 heavy (non-hydrogen) atoms. The molecule has 0 radical (unpaired) electrons. The second-order valence-corrected chi connectivity index (χ2v) is 9.31. The first kappa shape index (κ1) is 19.4. The van der Waals surface area contributed by atoms with Crippen molar-refractivity contribution in [2.75, 3.05) is 11.8 Å². The number of benzene rings is 2. The zero-order valence-electron chi connectivity index (χ0n) is 16.4. The average molecular weight is 429 g/mol. The molecule has 0 saturated heterocycles. The Balaban J connectivity index is 1.61. The lowest BCUT2D eigenvalue weighted by atomic mass is 10.2. The molecule has 0 bridgehead atoms. The highest BCUT2D eigenvalue weighted by Gasteiger charge is 2.23. The number of aromatic nitrogens is 3. The first-order chi connectivity index (χ1) is 13.8. The van der Waals surface area contributed by atoms with Crippen molar-refractivity contribution in [1.29, 1.82) is 0 Å². The van der Waals surface area contributed by atoms with Gasteiger partial charge in [-0.15, -0.1) is 11.3 Å². The van der Waals surface area contributed by atoms with E-state index in [1.807, 2.05) is 30.3 Å². The fourth-order valence-electron chi connectivity index (χ4n) is 3.19. The summed E-state index contributed by atoms with van der Waals surface area (Å²) in [6.07, 6.45) is 0. The highest BCUT2D eigenvalue weighted by atomic mass is 32.2. The molecule has 0 spiro atoms. The summed E-state index contributed by atoms with van der Waals surface area (Å²) in [5.74, 6) is 0.790. The largest absolute Gasteiger partial charge is 0.497 e. The van der Waals surface area contributed by atoms with E-state index in [1.165, 1.54) is 0 Å². The van der Waals surface area contributed by atoms with Gasteiger partial charge in [-0.25, -0.2) is 13.4 Å². The van der Waals surface area contributed by atoms with Crippen LogP contribution < -0.4 is 9.46 Å². The molecule has 4 rings (SSSR count). The summed E-state index contributed by atoms with van der Waals surface area (Å²) in [6, 6.07) is 12.9. The van der Waals surface area contributed by atoms with Crippen molar-refractivity contribution < 1.29 is 13.2 Å². The number of nitrogens with one attached hydrogen (secondary N) is 1. The van der Waals surface area contributed by atoms with E-state index < -0.39 is 10.0 Å². The van der Waals surface area contributed by atoms with Crippen molar-refractivity contribution in [1.82, 2.24) is 14.8 Å². The summed E-state index contributed by atoms with van der Waals surface area (Å²) >= 11 is 1.56. The molecule has 0 aliphatic rings. The second-order valence-electron chi connectivity index (χ2n) is 6.66. The van der Waals surface area contributed by atoms with Gasteiger partial charge in [-0.1, -0.05) is 0 Å². The van der Waals surface area contributed by atoms with E-state index in [0.29, 0.717) is 17.1 Å². The van der Waals surface area contributed by atoms with Crippen LogP contribution in [0.3, 0.4) is 0 Å². The Kier molecular flexibility index (Phi) is 4.79. The van der Waals surface area contributed by atoms with E-state index in [9.17, 15) is 8.42 Å². The van der Waals surface area contributed by atoms with Crippen LogP contribution in [0, 0.1) is 13.8 Å². The number of sulfonamides is 1. The number of hydrogen-bond donors (Lipinski definition) is 1. The minimum absolute atomic E-state index is 0.212. The lowest BCUT2D eigenvalue weighted by molar-refractivity contribution is 0.415. The minimum Gasteiger partial charge on any atom is -0.497 e. The van der Waals surface area contributed by atoms with Crippen molar-refractivity contribution in [3.8, 4) is 16.3 Å². The van der Waals surface area contributed by atoms with Crippen molar-refractivity contribution in [3.05, 3.63) is 53.9 Å². The molecule has 0 amide bonds. The van der Waals surface area contributed by atoms with Crippen LogP contribution in [0.5, 0.6) is 5.75 Å². The van der Waals surface area contributed by atoms with Crippen LogP contribution in [-0.4, -0.2) is 30.3 Å². The van der Waals surface area contributed by atoms with Gasteiger partial charge >= 0.3 is 0 Å². The predicted molar refractivity (Wildman–Crippen MR) is 115 cm³/mol. The monoisotopic (exact) mass is 428 g/mol. The Hall–Kier alpha value is -2.91. The fourth-order valence-corrected chi connectivity index (χ4v) is 5.68. The molecule has 2 aromatic carbocycles. The van der Waals surface area contributed by atoms with Crippen LogP contribution in [0.1, 0.15) is 11.4 Å². The quantitative estimate of drug-likeness (QED) is 0.517. The first-order valence-corrected chi connectivity index (χ1v) is 11.2. The van der Waals surface area contributed by atoms with E-state index in [0.717, 1.165) is 26.5 Å². The van der Waals surface area contributed by atoms with Crippen molar-refractivity contribution in [2.24, 2.45) is 7.05 Å². The molecule has 2 aromatic heterocycles. The average Bonchev–Trinajstić information content (AvgIpc) is 3.21. The normalized spacial score (nSPS) is 11.7. The number of anilines is 1. The summed E-state index contributed by atoms with van der Waals surface area (Å²) in [5.41, 5.74) is 3.37. The van der Waals surface area contributed by atoms with Crippen LogP contribution in [-0.2, 0) is 17.1 Å². The molecule has 0 fully saturated rings. The molecule has 0 unspecified atom stereocenters. The Bertz CT molecular complexity index is 1310. The molecule has 0 aliphatic heterocycles. The maximum absolute atomic E-state index is 12.8. The number of thiazole rings is 1. The lowest BCUT2D eigenvalue weighted by Gasteiger charge is -2.09. The number of methoxy groups -OCH3 is 1. The van der Waals surface area contributed by atoms with Crippen molar-refractivity contribution in [3.63, 3.8) is 0 Å². The highest BCUT2D eigenvalue weighted by Crippen LogP contribution is 2.33. The van der Waals surface area contributed by atoms with Gasteiger partial charge in [0.1, 0.15) is 15.7 Å².